The highest BCUT2D eigenvalue weighted by molar-refractivity contribution is 6.30. The summed E-state index contributed by atoms with van der Waals surface area (Å²) in [5.41, 5.74) is 2.06. The van der Waals surface area contributed by atoms with E-state index in [9.17, 15) is 9.59 Å². The third-order valence-corrected chi connectivity index (χ3v) is 6.19. The van der Waals surface area contributed by atoms with E-state index in [1.807, 2.05) is 48.3 Å². The van der Waals surface area contributed by atoms with Crippen LogP contribution in [0.5, 0.6) is 5.75 Å². The number of carbonyl (C=O) groups excluding carboxylic acids is 2. The highest BCUT2D eigenvalue weighted by atomic mass is 35.5. The molecule has 0 fully saturated rings. The Morgan fingerprint density at radius 2 is 1.97 bits per heavy atom. The predicted molar refractivity (Wildman–Crippen MR) is 147 cm³/mol. The van der Waals surface area contributed by atoms with E-state index in [0.29, 0.717) is 36.2 Å². The van der Waals surface area contributed by atoms with Crippen LogP contribution in [0.3, 0.4) is 0 Å². The van der Waals surface area contributed by atoms with Gasteiger partial charge >= 0.3 is 0 Å². The van der Waals surface area contributed by atoms with E-state index in [2.05, 4.69) is 11.9 Å². The Morgan fingerprint density at radius 3 is 2.64 bits per heavy atom. The van der Waals surface area contributed by atoms with Gasteiger partial charge in [0.25, 0.3) is 5.91 Å². The Hall–Kier alpha value is -3.57. The Balaban J connectivity index is 1.88. The van der Waals surface area contributed by atoms with Gasteiger partial charge in [-0.3, -0.25) is 14.5 Å². The summed E-state index contributed by atoms with van der Waals surface area (Å²) >= 11 is 6.09. The summed E-state index contributed by atoms with van der Waals surface area (Å²) in [5, 5.41) is 12.6. The van der Waals surface area contributed by atoms with Crippen molar-refractivity contribution in [2.24, 2.45) is 0 Å². The molecule has 3 rings (SSSR count). The molecule has 0 aliphatic carbocycles. The standard InChI is InChI=1S/C28H35ClN4O6/c1-4-14-38-24-7-5-6-22(17-24)19-39-28-31(3)26(30-2)25(27(36)32(20-35)12-15-37-16-13-34)33(28)18-21-8-10-23(29)11-9-21/h4-11,17,20,28,30,34H,1,12-16,18-19H2,2-3H3. The molecular formula is C28H35ClN4O6. The van der Waals surface area contributed by atoms with Crippen LogP contribution in [0, 0.1) is 0 Å². The number of hydrogen-bond donors (Lipinski definition) is 2. The molecule has 1 atom stereocenters. The van der Waals surface area contributed by atoms with Crippen LogP contribution in [0.2, 0.25) is 5.02 Å². The van der Waals surface area contributed by atoms with E-state index in [-0.39, 0.29) is 38.7 Å². The van der Waals surface area contributed by atoms with Gasteiger partial charge in [-0.1, -0.05) is 48.5 Å². The van der Waals surface area contributed by atoms with Crippen LogP contribution in [-0.2, 0) is 32.2 Å². The smallest absolute Gasteiger partial charge is 0.280 e. The van der Waals surface area contributed by atoms with Gasteiger partial charge in [0, 0.05) is 25.7 Å². The van der Waals surface area contributed by atoms with Gasteiger partial charge in [-0.2, -0.15) is 0 Å². The van der Waals surface area contributed by atoms with Gasteiger partial charge < -0.3 is 34.4 Å². The normalized spacial score (nSPS) is 14.9. The van der Waals surface area contributed by atoms with Crippen LogP contribution < -0.4 is 10.1 Å². The van der Waals surface area contributed by atoms with Crippen molar-refractivity contribution in [3.8, 4) is 5.75 Å². The fourth-order valence-corrected chi connectivity index (χ4v) is 4.24. The summed E-state index contributed by atoms with van der Waals surface area (Å²) in [5.74, 6) is 0.697. The highest BCUT2D eigenvalue weighted by Gasteiger charge is 2.41. The first-order chi connectivity index (χ1) is 18.9. The first-order valence-electron chi connectivity index (χ1n) is 12.5. The number of halogens is 1. The summed E-state index contributed by atoms with van der Waals surface area (Å²) < 4.78 is 17.3. The van der Waals surface area contributed by atoms with Crippen LogP contribution in [-0.4, -0.2) is 85.5 Å². The molecule has 2 N–H and O–H groups in total. The first-order valence-corrected chi connectivity index (χ1v) is 12.9. The second-order valence-electron chi connectivity index (χ2n) is 8.64. The molecule has 210 valence electrons. The topological polar surface area (TPSA) is 104 Å². The maximum Gasteiger partial charge on any atom is 0.280 e. The number of benzene rings is 2. The average Bonchev–Trinajstić information content (AvgIpc) is 3.21. The molecule has 0 aromatic heterocycles. The molecule has 0 saturated heterocycles. The maximum atomic E-state index is 13.7. The summed E-state index contributed by atoms with van der Waals surface area (Å²) in [6.45, 7) is 4.72. The van der Waals surface area contributed by atoms with Gasteiger partial charge in [0.05, 0.1) is 33.0 Å². The summed E-state index contributed by atoms with van der Waals surface area (Å²) in [7, 11) is 3.52. The fourth-order valence-electron chi connectivity index (χ4n) is 4.12. The molecule has 2 amide bonds. The Kier molecular flexibility index (Phi) is 11.6. The number of carbonyl (C=O) groups is 2. The fraction of sp³-hybridized carbons (Fsp3) is 0.357. The van der Waals surface area contributed by atoms with Crippen LogP contribution in [0.1, 0.15) is 11.1 Å². The van der Waals surface area contributed by atoms with E-state index in [1.165, 1.54) is 0 Å². The lowest BCUT2D eigenvalue weighted by Crippen LogP contribution is -2.44. The SMILES string of the molecule is C=CCOc1cccc(COC2N(C)C(NC)=C(C(=O)N(C=O)CCOCCO)N2Cc2ccc(Cl)cc2)c1. The first kappa shape index (κ1) is 30.0. The van der Waals surface area contributed by atoms with E-state index in [0.717, 1.165) is 16.0 Å². The van der Waals surface area contributed by atoms with Crippen LogP contribution in [0.25, 0.3) is 0 Å². The monoisotopic (exact) mass is 558 g/mol. The second-order valence-corrected chi connectivity index (χ2v) is 9.07. The van der Waals surface area contributed by atoms with Gasteiger partial charge in [-0.25, -0.2) is 0 Å². The van der Waals surface area contributed by atoms with Gasteiger partial charge in [-0.05, 0) is 35.4 Å². The van der Waals surface area contributed by atoms with Crippen molar-refractivity contribution in [2.45, 2.75) is 19.5 Å². The molecule has 2 aromatic rings. The number of nitrogens with zero attached hydrogens (tertiary/aromatic N) is 3. The van der Waals surface area contributed by atoms with Crippen LogP contribution in [0.15, 0.2) is 72.7 Å². The number of aliphatic hydroxyl groups excluding tert-OH is 1. The molecule has 1 heterocycles. The van der Waals surface area contributed by atoms with E-state index < -0.39 is 12.3 Å². The minimum atomic E-state index is -0.668. The van der Waals surface area contributed by atoms with Crippen molar-refractivity contribution in [3.05, 3.63) is 88.9 Å². The zero-order valence-corrected chi connectivity index (χ0v) is 23.0. The summed E-state index contributed by atoms with van der Waals surface area (Å²) in [6.07, 6.45) is 1.49. The van der Waals surface area contributed by atoms with Gasteiger partial charge in [0.15, 0.2) is 0 Å². The summed E-state index contributed by atoms with van der Waals surface area (Å²) in [4.78, 5) is 30.3. The van der Waals surface area contributed by atoms with Crippen molar-refractivity contribution < 1.29 is 28.9 Å². The minimum absolute atomic E-state index is 0.0321. The number of amides is 2. The third kappa shape index (κ3) is 7.96. The van der Waals surface area contributed by atoms with Crippen LogP contribution in [0.4, 0.5) is 0 Å². The predicted octanol–water partition coefficient (Wildman–Crippen LogP) is 2.54. The van der Waals surface area contributed by atoms with Crippen molar-refractivity contribution >= 4 is 23.9 Å². The molecule has 11 heteroatoms. The van der Waals surface area contributed by atoms with Gasteiger partial charge in [0.1, 0.15) is 23.9 Å². The van der Waals surface area contributed by atoms with Crippen molar-refractivity contribution in [3.63, 3.8) is 0 Å². The van der Waals surface area contributed by atoms with E-state index >= 15 is 0 Å². The molecule has 0 bridgehead atoms. The zero-order valence-electron chi connectivity index (χ0n) is 22.2. The number of aliphatic hydroxyl groups is 1. The van der Waals surface area contributed by atoms with E-state index in [1.54, 1.807) is 30.2 Å². The number of rotatable bonds is 16. The molecule has 1 unspecified atom stereocenters. The van der Waals surface area contributed by atoms with Crippen LogP contribution >= 0.6 is 11.6 Å². The minimum Gasteiger partial charge on any atom is -0.490 e. The lowest BCUT2D eigenvalue weighted by Gasteiger charge is -2.32. The second kappa shape index (κ2) is 15.1. The number of nitrogens with one attached hydrogen (secondary N) is 1. The number of imide groups is 1. The average molecular weight is 559 g/mol. The highest BCUT2D eigenvalue weighted by Crippen LogP contribution is 2.31. The number of ether oxygens (including phenoxy) is 3. The zero-order chi connectivity index (χ0) is 28.2. The van der Waals surface area contributed by atoms with E-state index in [4.69, 9.17) is 30.9 Å². The number of hydrogen-bond acceptors (Lipinski definition) is 9. The molecule has 0 spiro atoms. The van der Waals surface area contributed by atoms with Crippen molar-refractivity contribution in [1.29, 1.82) is 0 Å². The molecule has 1 aliphatic heterocycles. The third-order valence-electron chi connectivity index (χ3n) is 5.93. The maximum absolute atomic E-state index is 13.7. The Morgan fingerprint density at radius 1 is 1.21 bits per heavy atom. The molecule has 2 aromatic carbocycles. The Bertz CT molecular complexity index is 1140. The quantitative estimate of drug-likeness (QED) is 0.183. The molecule has 10 nitrogen and oxygen atoms in total. The van der Waals surface area contributed by atoms with Crippen molar-refractivity contribution in [2.75, 3.05) is 47.1 Å². The van der Waals surface area contributed by atoms with Gasteiger partial charge in [-0.15, -0.1) is 0 Å². The Labute approximate surface area is 234 Å². The molecule has 0 radical (unpaired) electrons. The van der Waals surface area contributed by atoms with Gasteiger partial charge in [0.2, 0.25) is 12.8 Å². The largest absolute Gasteiger partial charge is 0.490 e. The summed E-state index contributed by atoms with van der Waals surface area (Å²) in [6, 6.07) is 14.9. The molecule has 1 aliphatic rings. The molecule has 0 saturated carbocycles. The molecular weight excluding hydrogens is 524 g/mol. The lowest BCUT2D eigenvalue weighted by molar-refractivity contribution is -0.142. The van der Waals surface area contributed by atoms with Crippen molar-refractivity contribution in [1.82, 2.24) is 20.0 Å². The lowest BCUT2D eigenvalue weighted by atomic mass is 10.2. The molecule has 39 heavy (non-hydrogen) atoms.